The molecule has 1 atom stereocenters. The predicted molar refractivity (Wildman–Crippen MR) is 103 cm³/mol. The summed E-state index contributed by atoms with van der Waals surface area (Å²) in [6.07, 6.45) is 4.08. The smallest absolute Gasteiger partial charge is 0.354 e. The van der Waals surface area contributed by atoms with Gasteiger partial charge in [-0.25, -0.2) is 9.59 Å². The van der Waals surface area contributed by atoms with Crippen molar-refractivity contribution < 1.29 is 19.8 Å². The highest BCUT2D eigenvalue weighted by Gasteiger charge is 2.39. The Bertz CT molecular complexity index is 997. The summed E-state index contributed by atoms with van der Waals surface area (Å²) in [5, 5.41) is 25.2. The lowest BCUT2D eigenvalue weighted by molar-refractivity contribution is -0.141. The minimum absolute atomic E-state index is 0.209. The van der Waals surface area contributed by atoms with Gasteiger partial charge in [0.1, 0.15) is 5.70 Å². The molecule has 1 aromatic heterocycles. The third kappa shape index (κ3) is 3.41. The van der Waals surface area contributed by atoms with Crippen LogP contribution in [0.15, 0.2) is 48.2 Å². The number of rotatable bonds is 5. The average molecular weight is 368 g/mol. The number of aliphatic carboxylic acids is 2. The number of carbonyl (C=O) groups is 2. The molecule has 8 nitrogen and oxygen atoms in total. The van der Waals surface area contributed by atoms with Crippen LogP contribution in [0.2, 0.25) is 0 Å². The van der Waals surface area contributed by atoms with Crippen molar-refractivity contribution >= 4 is 34.2 Å². The zero-order valence-corrected chi connectivity index (χ0v) is 15.1. The molecule has 0 aliphatic carbocycles. The first-order valence-electron chi connectivity index (χ1n) is 8.23. The summed E-state index contributed by atoms with van der Waals surface area (Å²) in [6, 6.07) is 7.26. The van der Waals surface area contributed by atoms with Gasteiger partial charge in [0.2, 0.25) is 5.66 Å². The van der Waals surface area contributed by atoms with Gasteiger partial charge in [-0.2, -0.15) is 0 Å². The maximum absolute atomic E-state index is 11.9. The van der Waals surface area contributed by atoms with E-state index in [1.54, 1.807) is 18.2 Å². The first-order chi connectivity index (χ1) is 12.7. The van der Waals surface area contributed by atoms with Gasteiger partial charge in [-0.1, -0.05) is 6.08 Å². The molecule has 27 heavy (non-hydrogen) atoms. The van der Waals surface area contributed by atoms with Crippen molar-refractivity contribution in [3.05, 3.63) is 53.9 Å². The van der Waals surface area contributed by atoms with Crippen molar-refractivity contribution in [1.29, 1.82) is 0 Å². The van der Waals surface area contributed by atoms with E-state index in [1.165, 1.54) is 18.2 Å². The highest BCUT2D eigenvalue weighted by molar-refractivity contribution is 5.96. The number of anilines is 2. The van der Waals surface area contributed by atoms with Crippen LogP contribution >= 0.6 is 0 Å². The van der Waals surface area contributed by atoms with E-state index in [0.29, 0.717) is 5.69 Å². The summed E-state index contributed by atoms with van der Waals surface area (Å²) in [7, 11) is 3.84. The number of carboxylic acids is 2. The molecule has 1 aromatic carbocycles. The van der Waals surface area contributed by atoms with E-state index >= 15 is 0 Å². The standard InChI is InChI=1S/C19H20N4O4/c1-11-9-16(23(2)3)13-10-12(6-7-14(13)20-11)21-19(18(26)27)8-4-5-15(22-19)17(24)25/h4-10,21-22H,1-3H3,(H,24,25)(H,26,27). The van der Waals surface area contributed by atoms with Crippen LogP contribution in [0.5, 0.6) is 0 Å². The molecule has 1 unspecified atom stereocenters. The van der Waals surface area contributed by atoms with Gasteiger partial charge in [-0.3, -0.25) is 4.98 Å². The monoisotopic (exact) mass is 368 g/mol. The number of nitrogens with one attached hydrogen (secondary N) is 2. The molecule has 0 amide bonds. The Morgan fingerprint density at radius 3 is 2.59 bits per heavy atom. The normalized spacial score (nSPS) is 18.6. The summed E-state index contributed by atoms with van der Waals surface area (Å²) in [4.78, 5) is 29.6. The van der Waals surface area contributed by atoms with Crippen LogP contribution in [-0.2, 0) is 9.59 Å². The minimum Gasteiger partial charge on any atom is -0.478 e. The zero-order valence-electron chi connectivity index (χ0n) is 15.1. The number of fused-ring (bicyclic) bond motifs is 1. The fourth-order valence-corrected chi connectivity index (χ4v) is 2.97. The molecule has 2 heterocycles. The number of allylic oxidation sites excluding steroid dienone is 2. The fraction of sp³-hybridized carbons (Fsp3) is 0.211. The van der Waals surface area contributed by atoms with E-state index in [4.69, 9.17) is 0 Å². The minimum atomic E-state index is -1.77. The Balaban J connectivity index is 2.04. The molecule has 0 saturated heterocycles. The Hall–Kier alpha value is -3.55. The number of aromatic nitrogens is 1. The highest BCUT2D eigenvalue weighted by atomic mass is 16.4. The lowest BCUT2D eigenvalue weighted by Gasteiger charge is -2.32. The number of pyridine rings is 1. The number of carboxylic acid groups (broad SMARTS) is 2. The van der Waals surface area contributed by atoms with E-state index in [1.807, 2.05) is 32.0 Å². The van der Waals surface area contributed by atoms with Crippen LogP contribution in [0.4, 0.5) is 11.4 Å². The molecule has 2 aromatic rings. The Kier molecular flexibility index (Phi) is 4.49. The van der Waals surface area contributed by atoms with Gasteiger partial charge >= 0.3 is 11.9 Å². The third-order valence-corrected chi connectivity index (χ3v) is 4.25. The molecule has 8 heteroatoms. The maximum atomic E-state index is 11.9. The van der Waals surface area contributed by atoms with Crippen LogP contribution in [0, 0.1) is 6.92 Å². The number of hydrogen-bond acceptors (Lipinski definition) is 6. The van der Waals surface area contributed by atoms with Gasteiger partial charge in [0.05, 0.1) is 5.52 Å². The number of nitrogens with zero attached hydrogens (tertiary/aromatic N) is 2. The van der Waals surface area contributed by atoms with E-state index in [-0.39, 0.29) is 5.70 Å². The largest absolute Gasteiger partial charge is 0.478 e. The van der Waals surface area contributed by atoms with Gasteiger partial charge in [0.25, 0.3) is 0 Å². The molecule has 0 radical (unpaired) electrons. The Morgan fingerprint density at radius 2 is 1.96 bits per heavy atom. The summed E-state index contributed by atoms with van der Waals surface area (Å²) < 4.78 is 0. The van der Waals surface area contributed by atoms with Crippen LogP contribution in [0.1, 0.15) is 5.69 Å². The molecule has 3 rings (SSSR count). The van der Waals surface area contributed by atoms with E-state index < -0.39 is 17.6 Å². The van der Waals surface area contributed by atoms with Crippen LogP contribution in [0.25, 0.3) is 10.9 Å². The van der Waals surface area contributed by atoms with Crippen LogP contribution in [-0.4, -0.2) is 46.9 Å². The molecule has 4 N–H and O–H groups in total. The third-order valence-electron chi connectivity index (χ3n) is 4.25. The first kappa shape index (κ1) is 18.2. The van der Waals surface area contributed by atoms with Gasteiger partial charge in [0.15, 0.2) is 0 Å². The topological polar surface area (TPSA) is 115 Å². The number of dihydropyridines is 1. The summed E-state index contributed by atoms with van der Waals surface area (Å²) >= 11 is 0. The number of hydrogen-bond donors (Lipinski definition) is 4. The molecule has 0 spiro atoms. The predicted octanol–water partition coefficient (Wildman–Crippen LogP) is 1.93. The van der Waals surface area contributed by atoms with Crippen molar-refractivity contribution in [3.63, 3.8) is 0 Å². The molecule has 1 aliphatic rings. The second kappa shape index (κ2) is 6.64. The average Bonchev–Trinajstić information content (AvgIpc) is 2.61. The van der Waals surface area contributed by atoms with Crippen molar-refractivity contribution in [1.82, 2.24) is 10.3 Å². The maximum Gasteiger partial charge on any atom is 0.354 e. The molecule has 1 aliphatic heterocycles. The van der Waals surface area contributed by atoms with Crippen molar-refractivity contribution in [2.45, 2.75) is 12.6 Å². The van der Waals surface area contributed by atoms with Gasteiger partial charge in [-0.15, -0.1) is 0 Å². The van der Waals surface area contributed by atoms with E-state index in [0.717, 1.165) is 22.3 Å². The summed E-state index contributed by atoms with van der Waals surface area (Å²) in [6.45, 7) is 1.91. The molecule has 0 saturated carbocycles. The SMILES string of the molecule is Cc1cc(N(C)C)c2cc(NC3(C(=O)O)C=CC=C(C(=O)O)N3)ccc2n1. The van der Waals surface area contributed by atoms with Crippen LogP contribution < -0.4 is 15.5 Å². The molecular formula is C19H20N4O4. The second-order valence-electron chi connectivity index (χ2n) is 6.52. The van der Waals surface area contributed by atoms with Crippen LogP contribution in [0.3, 0.4) is 0 Å². The number of benzene rings is 1. The molecule has 0 fully saturated rings. The molecule has 140 valence electrons. The quantitative estimate of drug-likeness (QED) is 0.633. The second-order valence-corrected chi connectivity index (χ2v) is 6.52. The van der Waals surface area contributed by atoms with Gasteiger partial charge in [0, 0.05) is 36.6 Å². The Morgan fingerprint density at radius 1 is 1.22 bits per heavy atom. The first-order valence-corrected chi connectivity index (χ1v) is 8.23. The Labute approximate surface area is 155 Å². The zero-order chi connectivity index (χ0) is 19.8. The summed E-state index contributed by atoms with van der Waals surface area (Å²) in [5.74, 6) is -2.49. The van der Waals surface area contributed by atoms with Crippen molar-refractivity contribution in [2.24, 2.45) is 0 Å². The van der Waals surface area contributed by atoms with Crippen molar-refractivity contribution in [2.75, 3.05) is 24.3 Å². The van der Waals surface area contributed by atoms with Gasteiger partial charge < -0.3 is 25.7 Å². The summed E-state index contributed by atoms with van der Waals surface area (Å²) in [5.41, 5.74) is 1.15. The fourth-order valence-electron chi connectivity index (χ4n) is 2.97. The van der Waals surface area contributed by atoms with E-state index in [9.17, 15) is 19.8 Å². The van der Waals surface area contributed by atoms with Gasteiger partial charge in [-0.05, 0) is 43.3 Å². The lowest BCUT2D eigenvalue weighted by Crippen LogP contribution is -2.58. The molecular weight excluding hydrogens is 348 g/mol. The van der Waals surface area contributed by atoms with E-state index in [2.05, 4.69) is 15.6 Å². The highest BCUT2D eigenvalue weighted by Crippen LogP contribution is 2.29. The molecule has 0 bridgehead atoms. The van der Waals surface area contributed by atoms with Crippen molar-refractivity contribution in [3.8, 4) is 0 Å². The lowest BCUT2D eigenvalue weighted by atomic mass is 10.0. The number of aryl methyl sites for hydroxylation is 1.